The first-order chi connectivity index (χ1) is 13.5. The lowest BCUT2D eigenvalue weighted by molar-refractivity contribution is 0.340. The monoisotopic (exact) mass is 396 g/mol. The highest BCUT2D eigenvalue weighted by molar-refractivity contribution is 7.92. The van der Waals surface area contributed by atoms with Crippen molar-refractivity contribution < 1.29 is 13.2 Å². The number of ether oxygens (including phenoxy) is 1. The lowest BCUT2D eigenvalue weighted by atomic mass is 10.1. The molecule has 0 fully saturated rings. The Hall–Kier alpha value is -2.99. The first-order valence-electron chi connectivity index (χ1n) is 9.11. The van der Waals surface area contributed by atoms with E-state index in [-0.39, 0.29) is 4.90 Å². The van der Waals surface area contributed by atoms with Crippen LogP contribution in [-0.2, 0) is 16.6 Å². The number of anilines is 2. The van der Waals surface area contributed by atoms with Crippen LogP contribution in [0.2, 0.25) is 0 Å². The van der Waals surface area contributed by atoms with Crippen LogP contribution < -0.4 is 14.8 Å². The number of hydrogen-bond donors (Lipinski definition) is 2. The summed E-state index contributed by atoms with van der Waals surface area (Å²) in [5.41, 5.74) is 3.85. The van der Waals surface area contributed by atoms with Crippen molar-refractivity contribution in [2.24, 2.45) is 0 Å². The van der Waals surface area contributed by atoms with E-state index < -0.39 is 10.0 Å². The number of aryl methyl sites for hydroxylation is 1. The molecule has 2 N–H and O–H groups in total. The Morgan fingerprint density at radius 1 is 0.893 bits per heavy atom. The van der Waals surface area contributed by atoms with E-state index in [2.05, 4.69) is 35.2 Å². The standard InChI is InChI=1S/C22H24N2O3S/c1-3-27-21-11-13-22(14-12-21)28(25,26)24-20-9-7-19(8-10-20)23-16-18-6-4-5-17(2)15-18/h4-15,23-24H,3,16H2,1-2H3. The molecule has 3 aromatic rings. The van der Waals surface area contributed by atoms with E-state index in [0.29, 0.717) is 24.6 Å². The number of hydrogen-bond acceptors (Lipinski definition) is 4. The molecular formula is C22H24N2O3S. The summed E-state index contributed by atoms with van der Waals surface area (Å²) < 4.78 is 33.0. The summed E-state index contributed by atoms with van der Waals surface area (Å²) in [6.45, 7) is 5.19. The molecule has 0 heterocycles. The van der Waals surface area contributed by atoms with Gasteiger partial charge in [0, 0.05) is 17.9 Å². The predicted octanol–water partition coefficient (Wildman–Crippen LogP) is 4.81. The quantitative estimate of drug-likeness (QED) is 0.574. The van der Waals surface area contributed by atoms with Gasteiger partial charge in [-0.2, -0.15) is 0 Å². The zero-order valence-corrected chi connectivity index (χ0v) is 16.8. The minimum absolute atomic E-state index is 0.192. The number of benzene rings is 3. The van der Waals surface area contributed by atoms with E-state index in [9.17, 15) is 8.42 Å². The van der Waals surface area contributed by atoms with Crippen LogP contribution >= 0.6 is 0 Å². The molecule has 3 rings (SSSR count). The smallest absolute Gasteiger partial charge is 0.261 e. The molecule has 0 atom stereocenters. The predicted molar refractivity (Wildman–Crippen MR) is 113 cm³/mol. The first kappa shape index (κ1) is 19.8. The summed E-state index contributed by atoms with van der Waals surface area (Å²) in [4.78, 5) is 0.192. The Kier molecular flexibility index (Phi) is 6.21. The Bertz CT molecular complexity index is 1010. The normalized spacial score (nSPS) is 11.1. The molecule has 28 heavy (non-hydrogen) atoms. The van der Waals surface area contributed by atoms with Crippen LogP contribution in [0.15, 0.2) is 77.7 Å². The van der Waals surface area contributed by atoms with Crippen molar-refractivity contribution in [3.05, 3.63) is 83.9 Å². The third-order valence-electron chi connectivity index (χ3n) is 4.16. The third kappa shape index (κ3) is 5.27. The van der Waals surface area contributed by atoms with Gasteiger partial charge in [-0.1, -0.05) is 29.8 Å². The van der Waals surface area contributed by atoms with Gasteiger partial charge in [-0.15, -0.1) is 0 Å². The van der Waals surface area contributed by atoms with Gasteiger partial charge in [-0.05, 0) is 67.9 Å². The molecule has 5 nitrogen and oxygen atoms in total. The molecule has 0 aromatic heterocycles. The van der Waals surface area contributed by atoms with Crippen molar-refractivity contribution >= 4 is 21.4 Å². The van der Waals surface area contributed by atoms with Crippen LogP contribution in [0.4, 0.5) is 11.4 Å². The van der Waals surface area contributed by atoms with Gasteiger partial charge in [0.15, 0.2) is 0 Å². The lowest BCUT2D eigenvalue weighted by Gasteiger charge is -2.11. The van der Waals surface area contributed by atoms with Gasteiger partial charge in [0.05, 0.1) is 11.5 Å². The fourth-order valence-electron chi connectivity index (χ4n) is 2.78. The molecule has 3 aromatic carbocycles. The van der Waals surface area contributed by atoms with E-state index in [4.69, 9.17) is 4.74 Å². The minimum atomic E-state index is -3.64. The van der Waals surface area contributed by atoms with Gasteiger partial charge in [0.25, 0.3) is 10.0 Å². The lowest BCUT2D eigenvalue weighted by Crippen LogP contribution is -2.12. The Labute approximate surface area is 166 Å². The van der Waals surface area contributed by atoms with Gasteiger partial charge in [-0.25, -0.2) is 8.42 Å². The molecule has 0 bridgehead atoms. The molecule has 0 unspecified atom stereocenters. The van der Waals surface area contributed by atoms with E-state index in [1.54, 1.807) is 24.3 Å². The van der Waals surface area contributed by atoms with Crippen molar-refractivity contribution in [3.63, 3.8) is 0 Å². The van der Waals surface area contributed by atoms with Gasteiger partial charge in [0.1, 0.15) is 5.75 Å². The fourth-order valence-corrected chi connectivity index (χ4v) is 3.84. The SMILES string of the molecule is CCOc1ccc(S(=O)(=O)Nc2ccc(NCc3cccc(C)c3)cc2)cc1. The van der Waals surface area contributed by atoms with Crippen molar-refractivity contribution in [2.45, 2.75) is 25.3 Å². The van der Waals surface area contributed by atoms with E-state index in [1.165, 1.54) is 23.3 Å². The fraction of sp³-hybridized carbons (Fsp3) is 0.182. The van der Waals surface area contributed by atoms with Gasteiger partial charge >= 0.3 is 0 Å². The van der Waals surface area contributed by atoms with Crippen molar-refractivity contribution in [1.29, 1.82) is 0 Å². The van der Waals surface area contributed by atoms with Crippen LogP contribution in [-0.4, -0.2) is 15.0 Å². The second-order valence-electron chi connectivity index (χ2n) is 6.43. The summed E-state index contributed by atoms with van der Waals surface area (Å²) in [6, 6.07) is 21.8. The zero-order valence-electron chi connectivity index (χ0n) is 16.0. The maximum atomic E-state index is 12.5. The average molecular weight is 397 g/mol. The number of nitrogens with one attached hydrogen (secondary N) is 2. The van der Waals surface area contributed by atoms with Gasteiger partial charge in [0.2, 0.25) is 0 Å². The minimum Gasteiger partial charge on any atom is -0.494 e. The Balaban J connectivity index is 1.62. The topological polar surface area (TPSA) is 67.4 Å². The molecule has 0 saturated heterocycles. The summed E-state index contributed by atoms with van der Waals surface area (Å²) in [7, 11) is -3.64. The van der Waals surface area contributed by atoms with E-state index >= 15 is 0 Å². The highest BCUT2D eigenvalue weighted by Crippen LogP contribution is 2.21. The molecule has 0 amide bonds. The molecule has 6 heteroatoms. The van der Waals surface area contributed by atoms with Crippen molar-refractivity contribution in [3.8, 4) is 5.75 Å². The van der Waals surface area contributed by atoms with Crippen LogP contribution in [0.3, 0.4) is 0 Å². The van der Waals surface area contributed by atoms with Crippen LogP contribution in [0.1, 0.15) is 18.1 Å². The molecule has 0 spiro atoms. The summed E-state index contributed by atoms with van der Waals surface area (Å²) in [5.74, 6) is 0.644. The molecular weight excluding hydrogens is 372 g/mol. The largest absolute Gasteiger partial charge is 0.494 e. The van der Waals surface area contributed by atoms with Gasteiger partial charge in [-0.3, -0.25) is 4.72 Å². The second-order valence-corrected chi connectivity index (χ2v) is 8.11. The average Bonchev–Trinajstić information content (AvgIpc) is 2.68. The molecule has 0 aliphatic heterocycles. The third-order valence-corrected chi connectivity index (χ3v) is 5.56. The van der Waals surface area contributed by atoms with Crippen LogP contribution in [0, 0.1) is 6.92 Å². The van der Waals surface area contributed by atoms with Crippen LogP contribution in [0.5, 0.6) is 5.75 Å². The van der Waals surface area contributed by atoms with Gasteiger partial charge < -0.3 is 10.1 Å². The molecule has 0 saturated carbocycles. The molecule has 0 aliphatic rings. The first-order valence-corrected chi connectivity index (χ1v) is 10.6. The highest BCUT2D eigenvalue weighted by atomic mass is 32.2. The van der Waals surface area contributed by atoms with Crippen molar-refractivity contribution in [1.82, 2.24) is 0 Å². The number of rotatable bonds is 8. The summed E-state index contributed by atoms with van der Waals surface area (Å²) >= 11 is 0. The van der Waals surface area contributed by atoms with Crippen LogP contribution in [0.25, 0.3) is 0 Å². The molecule has 0 radical (unpaired) electrons. The second kappa shape index (κ2) is 8.80. The van der Waals surface area contributed by atoms with E-state index in [0.717, 1.165) is 5.69 Å². The Morgan fingerprint density at radius 2 is 1.57 bits per heavy atom. The van der Waals surface area contributed by atoms with E-state index in [1.807, 2.05) is 25.1 Å². The highest BCUT2D eigenvalue weighted by Gasteiger charge is 2.14. The molecule has 0 aliphatic carbocycles. The number of sulfonamides is 1. The zero-order chi connectivity index (χ0) is 20.0. The molecule has 146 valence electrons. The van der Waals surface area contributed by atoms with Crippen molar-refractivity contribution in [2.75, 3.05) is 16.6 Å². The maximum Gasteiger partial charge on any atom is 0.261 e. The summed E-state index contributed by atoms with van der Waals surface area (Å²) in [6.07, 6.45) is 0. The Morgan fingerprint density at radius 3 is 2.21 bits per heavy atom. The summed E-state index contributed by atoms with van der Waals surface area (Å²) in [5, 5.41) is 3.34. The maximum absolute atomic E-state index is 12.5.